The molecule has 41 heavy (non-hydrogen) atoms. The van der Waals surface area contributed by atoms with Gasteiger partial charge in [0.1, 0.15) is 12.2 Å². The van der Waals surface area contributed by atoms with Crippen molar-refractivity contribution in [2.24, 2.45) is 5.92 Å². The van der Waals surface area contributed by atoms with Crippen LogP contribution in [0.2, 0.25) is 5.28 Å². The summed E-state index contributed by atoms with van der Waals surface area (Å²) in [6.45, 7) is 0.244. The number of aromatic nitrogens is 4. The highest BCUT2D eigenvalue weighted by atomic mass is 35.5. The van der Waals surface area contributed by atoms with Gasteiger partial charge in [-0.2, -0.15) is 9.97 Å². The predicted octanol–water partition coefficient (Wildman–Crippen LogP) is -0.302. The first-order valence-corrected chi connectivity index (χ1v) is 12.9. The summed E-state index contributed by atoms with van der Waals surface area (Å²) in [5, 5.41) is 51.3. The third kappa shape index (κ3) is 4.86. The van der Waals surface area contributed by atoms with Gasteiger partial charge in [-0.15, -0.1) is 6.42 Å². The second-order valence-electron chi connectivity index (χ2n) is 9.93. The Hall–Kier alpha value is -3.84. The fraction of sp³-hybridized carbons (Fsp3) is 0.423. The summed E-state index contributed by atoms with van der Waals surface area (Å²) in [7, 11) is 0. The number of halogens is 1. The van der Waals surface area contributed by atoms with Gasteiger partial charge in [0.25, 0.3) is 5.60 Å². The lowest BCUT2D eigenvalue weighted by atomic mass is 9.92. The number of carboxylic acids is 2. The molecule has 0 bridgehead atoms. The Labute approximate surface area is 237 Å². The van der Waals surface area contributed by atoms with Crippen LogP contribution in [0, 0.1) is 18.3 Å². The molecule has 2 aromatic heterocycles. The zero-order valence-corrected chi connectivity index (χ0v) is 22.1. The van der Waals surface area contributed by atoms with Crippen LogP contribution < -0.4 is 4.90 Å². The van der Waals surface area contributed by atoms with E-state index in [9.17, 15) is 35.1 Å². The molecule has 0 aliphatic carbocycles. The monoisotopic (exact) mass is 587 g/mol. The number of carbonyl (C=O) groups is 2. The molecule has 2 aliphatic heterocycles. The Morgan fingerprint density at radius 3 is 2.51 bits per heavy atom. The van der Waals surface area contributed by atoms with Crippen LogP contribution in [-0.4, -0.2) is 107 Å². The smallest absolute Gasteiger partial charge is 0.348 e. The summed E-state index contributed by atoms with van der Waals surface area (Å²) in [4.78, 5) is 39.0. The van der Waals surface area contributed by atoms with Crippen molar-refractivity contribution < 1.29 is 44.6 Å². The first kappa shape index (κ1) is 28.7. The molecular weight excluding hydrogens is 562 g/mol. The van der Waals surface area contributed by atoms with E-state index in [1.165, 1.54) is 10.9 Å². The topological polar surface area (TPSA) is 201 Å². The number of hydrogen-bond acceptors (Lipinski definition) is 11. The van der Waals surface area contributed by atoms with Gasteiger partial charge in [-0.25, -0.2) is 14.6 Å². The lowest BCUT2D eigenvalue weighted by Gasteiger charge is -2.39. The molecule has 0 radical (unpaired) electrons. The summed E-state index contributed by atoms with van der Waals surface area (Å²) >= 11 is 6.17. The maximum absolute atomic E-state index is 12.2. The quantitative estimate of drug-likeness (QED) is 0.118. The number of ether oxygens (including phenoxy) is 2. The van der Waals surface area contributed by atoms with Crippen LogP contribution >= 0.6 is 11.6 Å². The van der Waals surface area contributed by atoms with Crippen molar-refractivity contribution in [2.75, 3.05) is 31.2 Å². The molecular formula is C26H26ClN5O9. The highest BCUT2D eigenvalue weighted by Gasteiger charge is 2.58. The van der Waals surface area contributed by atoms with Gasteiger partial charge in [0.05, 0.1) is 12.9 Å². The molecule has 5 rings (SSSR count). The van der Waals surface area contributed by atoms with Gasteiger partial charge in [-0.1, -0.05) is 36.3 Å². The zero-order valence-electron chi connectivity index (χ0n) is 21.4. The lowest BCUT2D eigenvalue weighted by Crippen LogP contribution is -2.55. The fourth-order valence-corrected chi connectivity index (χ4v) is 5.14. The summed E-state index contributed by atoms with van der Waals surface area (Å²) in [6, 6.07) is 8.01. The first-order valence-electron chi connectivity index (χ1n) is 12.5. The summed E-state index contributed by atoms with van der Waals surface area (Å²) < 4.78 is 12.6. The van der Waals surface area contributed by atoms with E-state index in [0.29, 0.717) is 30.0 Å². The Morgan fingerprint density at radius 2 is 1.90 bits per heavy atom. The normalized spacial score (nSPS) is 24.8. The Bertz CT molecular complexity index is 1490. The number of rotatable bonds is 10. The lowest BCUT2D eigenvalue weighted by molar-refractivity contribution is -0.191. The third-order valence-corrected chi connectivity index (χ3v) is 7.55. The van der Waals surface area contributed by atoms with Crippen LogP contribution in [0.4, 0.5) is 5.82 Å². The Morgan fingerprint density at radius 1 is 1.22 bits per heavy atom. The summed E-state index contributed by atoms with van der Waals surface area (Å²) in [6.07, 6.45) is 1.57. The minimum atomic E-state index is -2.75. The molecule has 2 fully saturated rings. The summed E-state index contributed by atoms with van der Waals surface area (Å²) in [5.41, 5.74) is -4.33. The van der Waals surface area contributed by atoms with Gasteiger partial charge >= 0.3 is 11.9 Å². The number of anilines is 1. The van der Waals surface area contributed by atoms with Crippen LogP contribution in [0.25, 0.3) is 11.2 Å². The maximum Gasteiger partial charge on any atom is 0.348 e. The van der Waals surface area contributed by atoms with Gasteiger partial charge in [0, 0.05) is 32.0 Å². The van der Waals surface area contributed by atoms with E-state index in [-0.39, 0.29) is 23.5 Å². The van der Waals surface area contributed by atoms with Gasteiger partial charge in [-0.3, -0.25) is 4.57 Å². The number of terminal acetylenes is 1. The number of fused-ring (bicyclic) bond motifs is 1. The minimum Gasteiger partial charge on any atom is -0.479 e. The number of benzene rings is 1. The van der Waals surface area contributed by atoms with E-state index >= 15 is 0 Å². The average Bonchev–Trinajstić information content (AvgIpc) is 3.44. The van der Waals surface area contributed by atoms with Crippen LogP contribution in [0.3, 0.4) is 0 Å². The van der Waals surface area contributed by atoms with E-state index in [1.54, 1.807) is 30.3 Å². The number of imidazole rings is 1. The standard InChI is InChI=1S/C26H26ClN5O9/c1-2-25(39)16(12-40-26(22(35)36,23(37)38)8-14-6-4-3-5-7-14)41-21(18(25)34)32-13-28-17-19(29-24(27)30-20(17)32)31-9-15(10-31)11-33/h1,3-7,13,15-16,18,21,33-34,39H,8-12H2,(H,35,36)(H,37,38)/t16-,18+,21-,25-/m1/s1. The largest absolute Gasteiger partial charge is 0.479 e. The molecule has 0 amide bonds. The van der Waals surface area contributed by atoms with Crippen molar-refractivity contribution in [3.05, 3.63) is 47.5 Å². The van der Waals surface area contributed by atoms with Crippen molar-refractivity contribution in [1.82, 2.24) is 19.5 Å². The van der Waals surface area contributed by atoms with E-state index in [2.05, 4.69) is 20.9 Å². The van der Waals surface area contributed by atoms with Gasteiger partial charge in [0.2, 0.25) is 5.28 Å². The summed E-state index contributed by atoms with van der Waals surface area (Å²) in [5.74, 6) is -1.01. The van der Waals surface area contributed by atoms with Crippen LogP contribution in [-0.2, 0) is 25.5 Å². The second-order valence-corrected chi connectivity index (χ2v) is 10.3. The molecule has 5 N–H and O–H groups in total. The fourth-order valence-electron chi connectivity index (χ4n) is 4.98. The molecule has 4 atom stereocenters. The molecule has 216 valence electrons. The van der Waals surface area contributed by atoms with E-state index in [1.807, 2.05) is 4.90 Å². The number of aliphatic hydroxyl groups excluding tert-OH is 2. The number of aliphatic carboxylic acids is 2. The van der Waals surface area contributed by atoms with Crippen molar-refractivity contribution in [2.45, 2.75) is 36.1 Å². The van der Waals surface area contributed by atoms with Crippen molar-refractivity contribution >= 4 is 40.5 Å². The van der Waals surface area contributed by atoms with Gasteiger partial charge < -0.3 is 39.9 Å². The highest BCUT2D eigenvalue weighted by molar-refractivity contribution is 6.28. The molecule has 1 aromatic carbocycles. The predicted molar refractivity (Wildman–Crippen MR) is 141 cm³/mol. The molecule has 4 heterocycles. The molecule has 3 aromatic rings. The average molecular weight is 588 g/mol. The number of carboxylic acid groups (broad SMARTS) is 2. The number of aliphatic hydroxyl groups is 3. The molecule has 15 heteroatoms. The molecule has 2 aliphatic rings. The van der Waals surface area contributed by atoms with Crippen molar-refractivity contribution in [3.8, 4) is 12.3 Å². The van der Waals surface area contributed by atoms with Crippen LogP contribution in [0.1, 0.15) is 11.8 Å². The third-order valence-electron chi connectivity index (χ3n) is 7.38. The molecule has 0 saturated carbocycles. The van der Waals surface area contributed by atoms with Gasteiger partial charge in [0.15, 0.2) is 28.8 Å². The van der Waals surface area contributed by atoms with Crippen molar-refractivity contribution in [3.63, 3.8) is 0 Å². The molecule has 2 saturated heterocycles. The SMILES string of the molecule is C#C[C@@]1(O)[C@@H](COC(Cc2ccccc2)(C(=O)O)C(=O)O)O[C@@H](n2cnc3c(N4CC(CO)C4)nc(Cl)nc32)[C@@H]1O. The molecule has 14 nitrogen and oxygen atoms in total. The highest BCUT2D eigenvalue weighted by Crippen LogP contribution is 2.40. The second kappa shape index (κ2) is 10.9. The Balaban J connectivity index is 1.44. The number of nitrogens with zero attached hydrogens (tertiary/aromatic N) is 5. The van der Waals surface area contributed by atoms with Crippen LogP contribution in [0.15, 0.2) is 36.7 Å². The maximum atomic E-state index is 12.2. The van der Waals surface area contributed by atoms with E-state index < -0.39 is 54.6 Å². The zero-order chi connectivity index (χ0) is 29.5. The number of hydrogen-bond donors (Lipinski definition) is 5. The molecule has 0 unspecified atom stereocenters. The van der Waals surface area contributed by atoms with E-state index in [0.717, 1.165) is 0 Å². The Kier molecular flexibility index (Phi) is 7.60. The van der Waals surface area contributed by atoms with Crippen molar-refractivity contribution in [1.29, 1.82) is 0 Å². The van der Waals surface area contributed by atoms with Gasteiger partial charge in [-0.05, 0) is 17.2 Å². The first-order chi connectivity index (χ1) is 19.5. The van der Waals surface area contributed by atoms with E-state index in [4.69, 9.17) is 27.5 Å². The molecule has 0 spiro atoms. The van der Waals surface area contributed by atoms with Crippen LogP contribution in [0.5, 0.6) is 0 Å². The minimum absolute atomic E-state index is 0.0134.